The lowest BCUT2D eigenvalue weighted by Gasteiger charge is -2.22. The normalized spacial score (nSPS) is 18.8. The molecule has 1 aliphatic heterocycles. The zero-order chi connectivity index (χ0) is 14.8. The number of rotatable bonds is 2. The molecule has 1 aromatic carbocycles. The van der Waals surface area contributed by atoms with Crippen LogP contribution < -0.4 is 5.32 Å². The van der Waals surface area contributed by atoms with E-state index >= 15 is 0 Å². The number of carbonyl (C=O) groups excluding carboxylic acids is 2. The number of ether oxygens (including phenoxy) is 1. The Bertz CT molecular complexity index is 517. The molecule has 0 aliphatic carbocycles. The molecule has 0 saturated carbocycles. The molecule has 0 radical (unpaired) electrons. The average molecular weight is 275 g/mol. The third kappa shape index (κ3) is 3.83. The monoisotopic (exact) mass is 275 g/mol. The van der Waals surface area contributed by atoms with Crippen LogP contribution in [-0.4, -0.2) is 17.5 Å². The average Bonchev–Trinajstić information content (AvgIpc) is 2.47. The topological polar surface area (TPSA) is 55.4 Å². The van der Waals surface area contributed by atoms with E-state index in [1.54, 1.807) is 0 Å². The van der Waals surface area contributed by atoms with Crippen LogP contribution in [0.1, 0.15) is 51.5 Å². The van der Waals surface area contributed by atoms with Crippen molar-refractivity contribution in [2.75, 3.05) is 5.32 Å². The minimum atomic E-state index is -0.477. The first-order chi connectivity index (χ1) is 9.35. The van der Waals surface area contributed by atoms with E-state index in [2.05, 4.69) is 5.32 Å². The quantitative estimate of drug-likeness (QED) is 0.843. The molecule has 0 aromatic heterocycles. The third-order valence-corrected chi connectivity index (χ3v) is 3.23. The Kier molecular flexibility index (Phi) is 4.12. The van der Waals surface area contributed by atoms with Crippen molar-refractivity contribution in [1.82, 2.24) is 0 Å². The van der Waals surface area contributed by atoms with Gasteiger partial charge in [0.25, 0.3) is 0 Å². The number of anilines is 1. The molecule has 2 rings (SSSR count). The maximum atomic E-state index is 12.0. The molecule has 4 heteroatoms. The van der Waals surface area contributed by atoms with Gasteiger partial charge in [0.15, 0.2) is 0 Å². The van der Waals surface area contributed by atoms with Crippen LogP contribution in [0.2, 0.25) is 0 Å². The molecule has 0 unspecified atom stereocenters. The number of carbonyl (C=O) groups is 2. The molecule has 0 saturated heterocycles. The van der Waals surface area contributed by atoms with E-state index < -0.39 is 5.60 Å². The Morgan fingerprint density at radius 3 is 2.75 bits per heavy atom. The SMILES string of the molecule is CC(C)(C)OC(=O)C[C@H]1CCC(=O)Nc2ccccc21. The molecule has 4 nitrogen and oxygen atoms in total. The number of hydrogen-bond acceptors (Lipinski definition) is 3. The first-order valence-electron chi connectivity index (χ1n) is 6.96. The van der Waals surface area contributed by atoms with Crippen molar-refractivity contribution in [3.63, 3.8) is 0 Å². The summed E-state index contributed by atoms with van der Waals surface area (Å²) >= 11 is 0. The molecule has 108 valence electrons. The van der Waals surface area contributed by atoms with E-state index in [1.165, 1.54) is 0 Å². The van der Waals surface area contributed by atoms with E-state index in [0.717, 1.165) is 11.3 Å². The lowest BCUT2D eigenvalue weighted by molar-refractivity contribution is -0.155. The lowest BCUT2D eigenvalue weighted by atomic mass is 9.91. The maximum absolute atomic E-state index is 12.0. The van der Waals surface area contributed by atoms with Crippen LogP contribution >= 0.6 is 0 Å². The van der Waals surface area contributed by atoms with Crippen LogP contribution in [0.15, 0.2) is 24.3 Å². The molecule has 20 heavy (non-hydrogen) atoms. The Labute approximate surface area is 119 Å². The van der Waals surface area contributed by atoms with Crippen LogP contribution in [0.5, 0.6) is 0 Å². The summed E-state index contributed by atoms with van der Waals surface area (Å²) < 4.78 is 5.38. The summed E-state index contributed by atoms with van der Waals surface area (Å²) in [5.41, 5.74) is 1.35. The Morgan fingerprint density at radius 2 is 2.05 bits per heavy atom. The molecule has 0 bridgehead atoms. The number of benzene rings is 1. The fourth-order valence-electron chi connectivity index (χ4n) is 2.44. The van der Waals surface area contributed by atoms with Crippen molar-refractivity contribution in [3.8, 4) is 0 Å². The van der Waals surface area contributed by atoms with E-state index in [1.807, 2.05) is 45.0 Å². The maximum Gasteiger partial charge on any atom is 0.306 e. The van der Waals surface area contributed by atoms with Gasteiger partial charge in [-0.25, -0.2) is 0 Å². The molecule has 1 aromatic rings. The van der Waals surface area contributed by atoms with Crippen molar-refractivity contribution in [2.45, 2.75) is 51.6 Å². The van der Waals surface area contributed by atoms with Crippen molar-refractivity contribution < 1.29 is 14.3 Å². The summed E-state index contributed by atoms with van der Waals surface area (Å²) in [6, 6.07) is 7.66. The summed E-state index contributed by atoms with van der Waals surface area (Å²) in [6.07, 6.45) is 1.41. The minimum absolute atomic E-state index is 0.00383. The number of amides is 1. The standard InChI is InChI=1S/C16H21NO3/c1-16(2,3)20-15(19)10-11-8-9-14(18)17-13-7-5-4-6-12(11)13/h4-7,11H,8-10H2,1-3H3,(H,17,18)/t11-/m1/s1. The number of fused-ring (bicyclic) bond motifs is 1. The van der Waals surface area contributed by atoms with Gasteiger partial charge in [-0.3, -0.25) is 9.59 Å². The van der Waals surface area contributed by atoms with Crippen molar-refractivity contribution in [1.29, 1.82) is 0 Å². The number of nitrogens with one attached hydrogen (secondary N) is 1. The molecule has 1 N–H and O–H groups in total. The van der Waals surface area contributed by atoms with E-state index in [-0.39, 0.29) is 17.8 Å². The first kappa shape index (κ1) is 14.6. The molecular formula is C16H21NO3. The second-order valence-electron chi connectivity index (χ2n) is 6.16. The number of esters is 1. The molecular weight excluding hydrogens is 254 g/mol. The molecule has 0 spiro atoms. The zero-order valence-electron chi connectivity index (χ0n) is 12.2. The van der Waals surface area contributed by atoms with Gasteiger partial charge in [0.05, 0.1) is 6.42 Å². The smallest absolute Gasteiger partial charge is 0.306 e. The van der Waals surface area contributed by atoms with E-state index in [4.69, 9.17) is 4.74 Å². The fourth-order valence-corrected chi connectivity index (χ4v) is 2.44. The molecule has 1 atom stereocenters. The minimum Gasteiger partial charge on any atom is -0.460 e. The Hall–Kier alpha value is -1.84. The highest BCUT2D eigenvalue weighted by Crippen LogP contribution is 2.34. The van der Waals surface area contributed by atoms with Crippen LogP contribution in [0, 0.1) is 0 Å². The molecule has 1 amide bonds. The summed E-state index contributed by atoms with van der Waals surface area (Å²) in [7, 11) is 0. The summed E-state index contributed by atoms with van der Waals surface area (Å²) in [6.45, 7) is 5.57. The van der Waals surface area contributed by atoms with Gasteiger partial charge in [-0.1, -0.05) is 18.2 Å². The fraction of sp³-hybridized carbons (Fsp3) is 0.500. The summed E-state index contributed by atoms with van der Waals surface area (Å²) in [5.74, 6) is -0.184. The second-order valence-corrected chi connectivity index (χ2v) is 6.16. The van der Waals surface area contributed by atoms with E-state index in [0.29, 0.717) is 19.3 Å². The number of para-hydroxylation sites is 1. The largest absolute Gasteiger partial charge is 0.460 e. The predicted octanol–water partition coefficient (Wildman–Crippen LogP) is 3.23. The van der Waals surface area contributed by atoms with Crippen molar-refractivity contribution >= 4 is 17.6 Å². The highest BCUT2D eigenvalue weighted by atomic mass is 16.6. The van der Waals surface area contributed by atoms with Gasteiger partial charge in [-0.05, 0) is 44.7 Å². The predicted molar refractivity (Wildman–Crippen MR) is 77.5 cm³/mol. The van der Waals surface area contributed by atoms with Gasteiger partial charge in [-0.15, -0.1) is 0 Å². The summed E-state index contributed by atoms with van der Waals surface area (Å²) in [4.78, 5) is 23.7. The molecule has 1 heterocycles. The number of hydrogen-bond donors (Lipinski definition) is 1. The third-order valence-electron chi connectivity index (χ3n) is 3.23. The van der Waals surface area contributed by atoms with E-state index in [9.17, 15) is 9.59 Å². The van der Waals surface area contributed by atoms with Crippen molar-refractivity contribution in [3.05, 3.63) is 29.8 Å². The Morgan fingerprint density at radius 1 is 1.35 bits per heavy atom. The van der Waals surface area contributed by atoms with Gasteiger partial charge in [0.2, 0.25) is 5.91 Å². The van der Waals surface area contributed by atoms with Crippen LogP contribution in [0.25, 0.3) is 0 Å². The van der Waals surface area contributed by atoms with Crippen LogP contribution in [-0.2, 0) is 14.3 Å². The van der Waals surface area contributed by atoms with Crippen LogP contribution in [0.3, 0.4) is 0 Å². The van der Waals surface area contributed by atoms with Gasteiger partial charge >= 0.3 is 5.97 Å². The van der Waals surface area contributed by atoms with Gasteiger partial charge in [-0.2, -0.15) is 0 Å². The highest BCUT2D eigenvalue weighted by molar-refractivity contribution is 5.92. The van der Waals surface area contributed by atoms with Gasteiger partial charge in [0, 0.05) is 12.1 Å². The highest BCUT2D eigenvalue weighted by Gasteiger charge is 2.26. The van der Waals surface area contributed by atoms with Crippen molar-refractivity contribution in [2.24, 2.45) is 0 Å². The Balaban J connectivity index is 2.16. The first-order valence-corrected chi connectivity index (χ1v) is 6.96. The van der Waals surface area contributed by atoms with Gasteiger partial charge < -0.3 is 10.1 Å². The molecule has 0 fully saturated rings. The second kappa shape index (κ2) is 5.65. The summed E-state index contributed by atoms with van der Waals surface area (Å²) in [5, 5.41) is 2.88. The van der Waals surface area contributed by atoms with Crippen LogP contribution in [0.4, 0.5) is 5.69 Å². The molecule has 1 aliphatic rings. The van der Waals surface area contributed by atoms with Gasteiger partial charge in [0.1, 0.15) is 5.60 Å². The zero-order valence-corrected chi connectivity index (χ0v) is 12.2. The lowest BCUT2D eigenvalue weighted by Crippen LogP contribution is -2.25.